The number of nitro groups is 1. The number of benzene rings is 2. The van der Waals surface area contributed by atoms with Crippen LogP contribution in [0.3, 0.4) is 0 Å². The molecule has 1 aliphatic heterocycles. The summed E-state index contributed by atoms with van der Waals surface area (Å²) in [6.07, 6.45) is 3.02. The van der Waals surface area contributed by atoms with E-state index in [0.29, 0.717) is 17.1 Å². The van der Waals surface area contributed by atoms with Crippen molar-refractivity contribution in [2.75, 3.05) is 4.90 Å². The molecule has 1 aromatic heterocycles. The van der Waals surface area contributed by atoms with E-state index in [1.807, 2.05) is 0 Å². The second-order valence-electron chi connectivity index (χ2n) is 6.51. The van der Waals surface area contributed by atoms with Gasteiger partial charge in [-0.05, 0) is 60.8 Å². The van der Waals surface area contributed by atoms with Crippen molar-refractivity contribution in [3.8, 4) is 5.69 Å². The highest BCUT2D eigenvalue weighted by Gasteiger charge is 2.34. The second kappa shape index (κ2) is 7.92. The number of nitrogens with one attached hydrogen (secondary N) is 1. The van der Waals surface area contributed by atoms with Crippen LogP contribution in [0, 0.1) is 15.9 Å². The average Bonchev–Trinajstić information content (AvgIpc) is 3.21. The first kappa shape index (κ1) is 20.1. The van der Waals surface area contributed by atoms with Gasteiger partial charge in [0.15, 0.2) is 5.11 Å². The molecule has 10 heteroatoms. The minimum Gasteiger partial charge on any atom is -0.317 e. The number of nitrogens with zero attached hydrogens (tertiary/aromatic N) is 3. The molecule has 8 nitrogen and oxygen atoms in total. The third-order valence-electron chi connectivity index (χ3n) is 4.58. The molecule has 0 aliphatic carbocycles. The Hall–Kier alpha value is -4.18. The summed E-state index contributed by atoms with van der Waals surface area (Å²) in [6, 6.07) is 14.4. The molecular formula is C21H13FN4O4S. The summed E-state index contributed by atoms with van der Waals surface area (Å²) in [5.41, 5.74) is 0.954. The minimum atomic E-state index is -0.680. The van der Waals surface area contributed by atoms with Crippen LogP contribution in [-0.2, 0) is 9.59 Å². The minimum absolute atomic E-state index is 0.0934. The van der Waals surface area contributed by atoms with Crippen LogP contribution >= 0.6 is 12.2 Å². The third-order valence-corrected chi connectivity index (χ3v) is 4.86. The lowest BCUT2D eigenvalue weighted by molar-refractivity contribution is -0.384. The molecule has 154 valence electrons. The van der Waals surface area contributed by atoms with Crippen molar-refractivity contribution in [3.05, 3.63) is 94.1 Å². The van der Waals surface area contributed by atoms with E-state index >= 15 is 0 Å². The Labute approximate surface area is 180 Å². The van der Waals surface area contributed by atoms with Crippen LogP contribution in [0.25, 0.3) is 11.8 Å². The third kappa shape index (κ3) is 3.83. The van der Waals surface area contributed by atoms with E-state index in [-0.39, 0.29) is 16.4 Å². The number of rotatable bonds is 4. The van der Waals surface area contributed by atoms with Crippen molar-refractivity contribution in [2.45, 2.75) is 0 Å². The zero-order valence-electron chi connectivity index (χ0n) is 15.7. The number of carbonyl (C=O) groups is 2. The summed E-state index contributed by atoms with van der Waals surface area (Å²) in [7, 11) is 0. The molecule has 0 radical (unpaired) electrons. The summed E-state index contributed by atoms with van der Waals surface area (Å²) >= 11 is 5.12. The van der Waals surface area contributed by atoms with Gasteiger partial charge >= 0.3 is 0 Å². The molecule has 3 aromatic rings. The Morgan fingerprint density at radius 1 is 1.03 bits per heavy atom. The van der Waals surface area contributed by atoms with Gasteiger partial charge in [0.05, 0.1) is 16.3 Å². The van der Waals surface area contributed by atoms with Gasteiger partial charge in [0.2, 0.25) is 0 Å². The van der Waals surface area contributed by atoms with E-state index in [1.165, 1.54) is 48.5 Å². The number of thiocarbonyl (C=S) groups is 1. The zero-order valence-corrected chi connectivity index (χ0v) is 16.5. The van der Waals surface area contributed by atoms with E-state index < -0.39 is 22.6 Å². The van der Waals surface area contributed by atoms with E-state index in [9.17, 15) is 24.1 Å². The highest BCUT2D eigenvalue weighted by atomic mass is 32.1. The molecule has 0 atom stereocenters. The van der Waals surface area contributed by atoms with Gasteiger partial charge in [-0.1, -0.05) is 6.07 Å². The predicted octanol–water partition coefficient (Wildman–Crippen LogP) is 3.36. The number of halogens is 1. The normalized spacial score (nSPS) is 15.3. The number of aromatic nitrogens is 1. The largest absolute Gasteiger partial charge is 0.317 e. The van der Waals surface area contributed by atoms with Gasteiger partial charge in [-0.2, -0.15) is 0 Å². The highest BCUT2D eigenvalue weighted by Crippen LogP contribution is 2.24. The Kier molecular flexibility index (Phi) is 5.14. The zero-order chi connectivity index (χ0) is 22.1. The molecule has 1 N–H and O–H groups in total. The Bertz CT molecular complexity index is 1270. The Balaban J connectivity index is 1.74. The molecule has 1 fully saturated rings. The van der Waals surface area contributed by atoms with Gasteiger partial charge in [0.25, 0.3) is 17.5 Å². The molecule has 4 rings (SSSR count). The maximum atomic E-state index is 13.3. The first-order valence-electron chi connectivity index (χ1n) is 8.94. The molecule has 0 bridgehead atoms. The fourth-order valence-corrected chi connectivity index (χ4v) is 3.41. The first-order valence-corrected chi connectivity index (χ1v) is 9.35. The lowest BCUT2D eigenvalue weighted by atomic mass is 10.1. The van der Waals surface area contributed by atoms with Gasteiger partial charge < -0.3 is 4.57 Å². The van der Waals surface area contributed by atoms with Crippen molar-refractivity contribution < 1.29 is 18.9 Å². The van der Waals surface area contributed by atoms with Crippen LogP contribution in [-0.4, -0.2) is 26.4 Å². The molecule has 2 aromatic carbocycles. The fourth-order valence-electron chi connectivity index (χ4n) is 3.13. The Morgan fingerprint density at radius 2 is 1.77 bits per heavy atom. The maximum Gasteiger partial charge on any atom is 0.271 e. The first-order chi connectivity index (χ1) is 14.8. The van der Waals surface area contributed by atoms with Crippen molar-refractivity contribution in [1.29, 1.82) is 0 Å². The summed E-state index contributed by atoms with van der Waals surface area (Å²) < 4.78 is 14.9. The predicted molar refractivity (Wildman–Crippen MR) is 115 cm³/mol. The number of anilines is 1. The van der Waals surface area contributed by atoms with E-state index in [2.05, 4.69) is 5.32 Å². The molecule has 31 heavy (non-hydrogen) atoms. The van der Waals surface area contributed by atoms with Crippen LogP contribution in [0.2, 0.25) is 0 Å². The van der Waals surface area contributed by atoms with E-state index in [0.717, 1.165) is 4.90 Å². The molecule has 0 unspecified atom stereocenters. The van der Waals surface area contributed by atoms with Crippen molar-refractivity contribution >= 4 is 46.6 Å². The number of carbonyl (C=O) groups excluding carboxylic acids is 2. The standard InChI is InChI=1S/C21H13FN4O4S/c22-13-6-8-14(9-7-13)25-20(28)18(19(27)23-21(25)31)12-16-5-2-10-24(16)15-3-1-4-17(11-15)26(29)30/h1-12H,(H,23,27,31)/b18-12+. The number of amides is 2. The molecule has 1 aliphatic rings. The average molecular weight is 436 g/mol. The SMILES string of the molecule is O=C1NC(=S)N(c2ccc(F)cc2)C(=O)/C1=C/c1cccn1-c1cccc([N+](=O)[O-])c1. The highest BCUT2D eigenvalue weighted by molar-refractivity contribution is 7.80. The number of hydrogen-bond acceptors (Lipinski definition) is 5. The number of non-ortho nitro benzene ring substituents is 1. The van der Waals surface area contributed by atoms with Crippen molar-refractivity contribution in [2.24, 2.45) is 0 Å². The molecule has 0 saturated carbocycles. The van der Waals surface area contributed by atoms with Crippen LogP contribution in [0.1, 0.15) is 5.69 Å². The van der Waals surface area contributed by atoms with Crippen molar-refractivity contribution in [3.63, 3.8) is 0 Å². The fraction of sp³-hybridized carbons (Fsp3) is 0. The van der Waals surface area contributed by atoms with Gasteiger partial charge in [-0.15, -0.1) is 0 Å². The summed E-state index contributed by atoms with van der Waals surface area (Å²) in [6.45, 7) is 0. The molecule has 0 spiro atoms. The van der Waals surface area contributed by atoms with Crippen LogP contribution in [0.5, 0.6) is 0 Å². The molecular weight excluding hydrogens is 423 g/mol. The van der Waals surface area contributed by atoms with Crippen LogP contribution in [0.15, 0.2) is 72.4 Å². The lowest BCUT2D eigenvalue weighted by Crippen LogP contribution is -2.54. The van der Waals surface area contributed by atoms with Crippen LogP contribution in [0.4, 0.5) is 15.8 Å². The van der Waals surface area contributed by atoms with Gasteiger partial charge in [-0.3, -0.25) is 29.9 Å². The lowest BCUT2D eigenvalue weighted by Gasteiger charge is -2.28. The van der Waals surface area contributed by atoms with Crippen molar-refractivity contribution in [1.82, 2.24) is 9.88 Å². The second-order valence-corrected chi connectivity index (χ2v) is 6.90. The Morgan fingerprint density at radius 3 is 2.48 bits per heavy atom. The monoisotopic (exact) mass is 436 g/mol. The number of nitro benzene ring substituents is 1. The molecule has 2 heterocycles. The van der Waals surface area contributed by atoms with Gasteiger partial charge in [0, 0.05) is 24.0 Å². The topological polar surface area (TPSA) is 97.5 Å². The summed E-state index contributed by atoms with van der Waals surface area (Å²) in [5.74, 6) is -1.83. The molecule has 2 amide bonds. The van der Waals surface area contributed by atoms with E-state index in [4.69, 9.17) is 12.2 Å². The van der Waals surface area contributed by atoms with Gasteiger partial charge in [-0.25, -0.2) is 4.39 Å². The maximum absolute atomic E-state index is 13.3. The smallest absolute Gasteiger partial charge is 0.271 e. The summed E-state index contributed by atoms with van der Waals surface area (Å²) in [5, 5.41) is 13.4. The van der Waals surface area contributed by atoms with Crippen LogP contribution < -0.4 is 10.2 Å². The van der Waals surface area contributed by atoms with Gasteiger partial charge in [0.1, 0.15) is 11.4 Å². The van der Waals surface area contributed by atoms with E-state index in [1.54, 1.807) is 29.0 Å². The quantitative estimate of drug-likeness (QED) is 0.222. The summed E-state index contributed by atoms with van der Waals surface area (Å²) in [4.78, 5) is 37.2. The number of hydrogen-bond donors (Lipinski definition) is 1. The molecule has 1 saturated heterocycles.